The maximum atomic E-state index is 11.9. The number of hydrogen-bond acceptors (Lipinski definition) is 4. The number of aryl methyl sites for hydroxylation is 2. The van der Waals surface area contributed by atoms with Crippen molar-refractivity contribution in [2.75, 3.05) is 6.54 Å². The smallest absolute Gasteiger partial charge is 0.287 e. The Labute approximate surface area is 122 Å². The van der Waals surface area contributed by atoms with Crippen LogP contribution in [-0.4, -0.2) is 24.4 Å². The average molecular weight is 290 g/mol. The highest BCUT2D eigenvalue weighted by Gasteiger charge is 2.15. The molecule has 112 valence electrons. The summed E-state index contributed by atoms with van der Waals surface area (Å²) in [5.41, 5.74) is 0. The van der Waals surface area contributed by atoms with Crippen molar-refractivity contribution in [2.45, 2.75) is 26.8 Å². The fraction of sp³-hybridized carbons (Fsp3) is 0.333. The van der Waals surface area contributed by atoms with Crippen molar-refractivity contribution in [1.82, 2.24) is 10.6 Å². The molecule has 2 N–H and O–H groups in total. The lowest BCUT2D eigenvalue weighted by molar-refractivity contribution is 0.0883. The van der Waals surface area contributed by atoms with Crippen molar-refractivity contribution in [2.24, 2.45) is 0 Å². The van der Waals surface area contributed by atoms with E-state index < -0.39 is 0 Å². The predicted molar refractivity (Wildman–Crippen MR) is 76.2 cm³/mol. The molecule has 0 spiro atoms. The summed E-state index contributed by atoms with van der Waals surface area (Å²) < 4.78 is 10.4. The molecule has 0 aliphatic carbocycles. The molecule has 21 heavy (non-hydrogen) atoms. The van der Waals surface area contributed by atoms with Gasteiger partial charge in [0.1, 0.15) is 11.5 Å². The topological polar surface area (TPSA) is 84.5 Å². The summed E-state index contributed by atoms with van der Waals surface area (Å²) in [5.74, 6) is 1.25. The first-order valence-corrected chi connectivity index (χ1v) is 6.67. The first-order chi connectivity index (χ1) is 9.95. The fourth-order valence-electron chi connectivity index (χ4n) is 1.79. The van der Waals surface area contributed by atoms with Crippen molar-refractivity contribution in [3.05, 3.63) is 47.3 Å². The molecule has 0 bridgehead atoms. The predicted octanol–water partition coefficient (Wildman–Crippen LogP) is 2.04. The second-order valence-corrected chi connectivity index (χ2v) is 4.91. The second kappa shape index (κ2) is 6.30. The van der Waals surface area contributed by atoms with Crippen molar-refractivity contribution in [3.63, 3.8) is 0 Å². The van der Waals surface area contributed by atoms with Crippen molar-refractivity contribution >= 4 is 11.8 Å². The lowest BCUT2D eigenvalue weighted by Gasteiger charge is -2.13. The molecule has 2 amide bonds. The maximum absolute atomic E-state index is 11.9. The van der Waals surface area contributed by atoms with E-state index in [9.17, 15) is 9.59 Å². The molecule has 0 saturated heterocycles. The molecular formula is C15H18N2O4. The van der Waals surface area contributed by atoms with E-state index >= 15 is 0 Å². The fourth-order valence-corrected chi connectivity index (χ4v) is 1.79. The minimum atomic E-state index is -0.307. The maximum Gasteiger partial charge on any atom is 0.287 e. The van der Waals surface area contributed by atoms with Gasteiger partial charge in [-0.05, 0) is 45.0 Å². The van der Waals surface area contributed by atoms with Gasteiger partial charge in [0, 0.05) is 12.6 Å². The van der Waals surface area contributed by atoms with Crippen LogP contribution in [0.25, 0.3) is 0 Å². The minimum absolute atomic E-state index is 0.233. The summed E-state index contributed by atoms with van der Waals surface area (Å²) >= 11 is 0. The molecule has 0 aliphatic heterocycles. The second-order valence-electron chi connectivity index (χ2n) is 4.91. The molecule has 1 atom stereocenters. The number of nitrogens with one attached hydrogen (secondary N) is 2. The summed E-state index contributed by atoms with van der Waals surface area (Å²) in [4.78, 5) is 23.6. The van der Waals surface area contributed by atoms with Gasteiger partial charge >= 0.3 is 0 Å². The molecule has 0 aliphatic rings. The van der Waals surface area contributed by atoms with Crippen LogP contribution in [0.1, 0.15) is 39.6 Å². The van der Waals surface area contributed by atoms with Crippen molar-refractivity contribution in [3.8, 4) is 0 Å². The van der Waals surface area contributed by atoms with Gasteiger partial charge in [0.25, 0.3) is 11.8 Å². The third-order valence-electron chi connectivity index (χ3n) is 2.87. The van der Waals surface area contributed by atoms with E-state index in [2.05, 4.69) is 10.6 Å². The first kappa shape index (κ1) is 14.9. The normalized spacial score (nSPS) is 12.0. The van der Waals surface area contributed by atoms with E-state index in [1.807, 2.05) is 0 Å². The number of carbonyl (C=O) groups excluding carboxylic acids is 2. The standard InChI is InChI=1S/C15H18N2O4/c1-9(17-15(19)13-7-5-11(3)21-13)8-16-14(18)12-6-4-10(2)20-12/h4-7,9H,8H2,1-3H3,(H,16,18)(H,17,19). The Hall–Kier alpha value is -2.50. The zero-order valence-corrected chi connectivity index (χ0v) is 12.2. The summed E-state index contributed by atoms with van der Waals surface area (Å²) in [7, 11) is 0. The zero-order valence-electron chi connectivity index (χ0n) is 12.2. The van der Waals surface area contributed by atoms with Gasteiger partial charge in [0.05, 0.1) is 0 Å². The highest BCUT2D eigenvalue weighted by molar-refractivity contribution is 5.92. The Kier molecular flexibility index (Phi) is 4.47. The first-order valence-electron chi connectivity index (χ1n) is 6.67. The van der Waals surface area contributed by atoms with E-state index in [-0.39, 0.29) is 29.4 Å². The summed E-state index contributed by atoms with van der Waals surface area (Å²) in [6.07, 6.45) is 0. The van der Waals surface area contributed by atoms with Crippen LogP contribution in [0.3, 0.4) is 0 Å². The number of rotatable bonds is 5. The quantitative estimate of drug-likeness (QED) is 0.882. The van der Waals surface area contributed by atoms with Crippen molar-refractivity contribution < 1.29 is 18.4 Å². The van der Waals surface area contributed by atoms with E-state index in [4.69, 9.17) is 8.83 Å². The van der Waals surface area contributed by atoms with Gasteiger partial charge in [-0.3, -0.25) is 9.59 Å². The molecule has 1 unspecified atom stereocenters. The molecule has 0 aromatic carbocycles. The van der Waals surface area contributed by atoms with E-state index in [1.54, 1.807) is 45.0 Å². The van der Waals surface area contributed by atoms with Crippen LogP contribution >= 0.6 is 0 Å². The number of furan rings is 2. The number of hydrogen-bond donors (Lipinski definition) is 2. The summed E-state index contributed by atoms with van der Waals surface area (Å²) in [5, 5.41) is 5.44. The monoisotopic (exact) mass is 290 g/mol. The highest BCUT2D eigenvalue weighted by atomic mass is 16.4. The third kappa shape index (κ3) is 3.98. The molecule has 0 radical (unpaired) electrons. The molecule has 0 fully saturated rings. The average Bonchev–Trinajstić information content (AvgIpc) is 3.04. The zero-order chi connectivity index (χ0) is 15.4. The van der Waals surface area contributed by atoms with Crippen LogP contribution in [0.15, 0.2) is 33.1 Å². The van der Waals surface area contributed by atoms with Gasteiger partial charge in [0.15, 0.2) is 11.5 Å². The Morgan fingerprint density at radius 1 is 1.00 bits per heavy atom. The van der Waals surface area contributed by atoms with Crippen molar-refractivity contribution in [1.29, 1.82) is 0 Å². The molecule has 6 heteroatoms. The number of carbonyl (C=O) groups is 2. The molecule has 2 aromatic heterocycles. The molecule has 2 rings (SSSR count). The van der Waals surface area contributed by atoms with Gasteiger partial charge in [-0.2, -0.15) is 0 Å². The molecule has 0 saturated carbocycles. The summed E-state index contributed by atoms with van der Waals surface area (Å²) in [6, 6.07) is 6.43. The van der Waals surface area contributed by atoms with Crippen LogP contribution in [-0.2, 0) is 0 Å². The number of amides is 2. The lowest BCUT2D eigenvalue weighted by atomic mass is 10.3. The Bertz CT molecular complexity index is 642. The van der Waals surface area contributed by atoms with Gasteiger partial charge in [-0.1, -0.05) is 0 Å². The third-order valence-corrected chi connectivity index (χ3v) is 2.87. The van der Waals surface area contributed by atoms with Gasteiger partial charge in [-0.25, -0.2) is 0 Å². The van der Waals surface area contributed by atoms with Crippen LogP contribution in [0.4, 0.5) is 0 Å². The SMILES string of the molecule is Cc1ccc(C(=O)NCC(C)NC(=O)c2ccc(C)o2)o1. The largest absolute Gasteiger partial charge is 0.456 e. The molecule has 2 heterocycles. The Morgan fingerprint density at radius 3 is 2.00 bits per heavy atom. The van der Waals surface area contributed by atoms with E-state index in [0.717, 1.165) is 0 Å². The van der Waals surface area contributed by atoms with E-state index in [0.29, 0.717) is 18.1 Å². The lowest BCUT2D eigenvalue weighted by Crippen LogP contribution is -2.41. The van der Waals surface area contributed by atoms with E-state index in [1.165, 1.54) is 0 Å². The highest BCUT2D eigenvalue weighted by Crippen LogP contribution is 2.07. The summed E-state index contributed by atoms with van der Waals surface area (Å²) in [6.45, 7) is 5.63. The molecule has 2 aromatic rings. The van der Waals surface area contributed by atoms with Crippen LogP contribution in [0.2, 0.25) is 0 Å². The van der Waals surface area contributed by atoms with Crippen LogP contribution in [0, 0.1) is 13.8 Å². The van der Waals surface area contributed by atoms with Gasteiger partial charge < -0.3 is 19.5 Å². The van der Waals surface area contributed by atoms with Crippen LogP contribution < -0.4 is 10.6 Å². The molecular weight excluding hydrogens is 272 g/mol. The Balaban J connectivity index is 1.80. The minimum Gasteiger partial charge on any atom is -0.456 e. The van der Waals surface area contributed by atoms with Gasteiger partial charge in [-0.15, -0.1) is 0 Å². The molecule has 6 nitrogen and oxygen atoms in total. The van der Waals surface area contributed by atoms with Crippen LogP contribution in [0.5, 0.6) is 0 Å². The van der Waals surface area contributed by atoms with Gasteiger partial charge in [0.2, 0.25) is 0 Å². The Morgan fingerprint density at radius 2 is 1.52 bits per heavy atom.